The molecule has 1 aliphatic carbocycles. The van der Waals surface area contributed by atoms with Crippen LogP contribution in [0.3, 0.4) is 0 Å². The van der Waals surface area contributed by atoms with Gasteiger partial charge in [-0.1, -0.05) is 5.11 Å². The number of anilines is 1. The lowest BCUT2D eigenvalue weighted by molar-refractivity contribution is -0.123. The highest BCUT2D eigenvalue weighted by Crippen LogP contribution is 2.42. The van der Waals surface area contributed by atoms with Crippen LogP contribution in [-0.4, -0.2) is 53.5 Å². The zero-order valence-corrected chi connectivity index (χ0v) is 15.1. The molecule has 2 aromatic rings. The van der Waals surface area contributed by atoms with Gasteiger partial charge in [-0.25, -0.2) is 9.78 Å². The van der Waals surface area contributed by atoms with Crippen molar-refractivity contribution in [2.75, 3.05) is 32.2 Å². The number of imidazole rings is 1. The zero-order valence-electron chi connectivity index (χ0n) is 15.1. The summed E-state index contributed by atoms with van der Waals surface area (Å²) in [6.07, 6.45) is 5.98. The van der Waals surface area contributed by atoms with E-state index in [2.05, 4.69) is 15.0 Å². The molecular weight excluding hydrogens is 350 g/mol. The molecule has 2 aromatic heterocycles. The smallest absolute Gasteiger partial charge is 0.331 e. The molecule has 2 aliphatic rings. The Labute approximate surface area is 154 Å². The van der Waals surface area contributed by atoms with Crippen molar-refractivity contribution >= 4 is 23.3 Å². The molecule has 27 heavy (non-hydrogen) atoms. The first-order chi connectivity index (χ1) is 13.0. The monoisotopic (exact) mass is 369 g/mol. The maximum Gasteiger partial charge on any atom is 0.331 e. The number of amides is 3. The van der Waals surface area contributed by atoms with E-state index in [-0.39, 0.29) is 25.1 Å². The lowest BCUT2D eigenvalue weighted by Crippen LogP contribution is -2.30. The number of hydrogen-bond donors (Lipinski definition) is 0. The molecule has 1 saturated carbocycles. The predicted molar refractivity (Wildman–Crippen MR) is 96.4 cm³/mol. The minimum absolute atomic E-state index is 0.0147. The number of methoxy groups -OCH3 is 1. The van der Waals surface area contributed by atoms with E-state index >= 15 is 0 Å². The third-order valence-corrected chi connectivity index (χ3v) is 4.95. The van der Waals surface area contributed by atoms with Gasteiger partial charge in [0.2, 0.25) is 5.91 Å². The van der Waals surface area contributed by atoms with Gasteiger partial charge >= 0.3 is 6.03 Å². The number of aromatic nitrogens is 2. The largest absolute Gasteiger partial charge is 0.384 e. The van der Waals surface area contributed by atoms with Gasteiger partial charge in [0, 0.05) is 31.5 Å². The average molecular weight is 369 g/mol. The number of imide groups is 1. The first-order valence-electron chi connectivity index (χ1n) is 8.67. The van der Waals surface area contributed by atoms with E-state index in [4.69, 9.17) is 10.3 Å². The lowest BCUT2D eigenvalue weighted by Gasteiger charge is -2.17. The van der Waals surface area contributed by atoms with E-state index in [0.29, 0.717) is 22.9 Å². The fourth-order valence-corrected chi connectivity index (χ4v) is 3.30. The van der Waals surface area contributed by atoms with Crippen LogP contribution in [0.25, 0.3) is 16.1 Å². The van der Waals surface area contributed by atoms with E-state index in [9.17, 15) is 9.59 Å². The summed E-state index contributed by atoms with van der Waals surface area (Å²) < 4.78 is 6.96. The minimum Gasteiger partial charge on any atom is -0.384 e. The van der Waals surface area contributed by atoms with Crippen LogP contribution in [0.4, 0.5) is 10.5 Å². The minimum atomic E-state index is -0.573. The summed E-state index contributed by atoms with van der Waals surface area (Å²) in [6, 6.07) is 0.992. The molecule has 0 spiro atoms. The van der Waals surface area contributed by atoms with Crippen molar-refractivity contribution in [3.05, 3.63) is 40.2 Å². The first-order valence-corrected chi connectivity index (χ1v) is 8.67. The molecule has 4 rings (SSSR count). The normalized spacial score (nSPS) is 18.3. The van der Waals surface area contributed by atoms with Gasteiger partial charge in [-0.3, -0.25) is 14.6 Å². The van der Waals surface area contributed by atoms with Gasteiger partial charge < -0.3 is 9.14 Å². The average Bonchev–Trinajstić information content (AvgIpc) is 3.37. The summed E-state index contributed by atoms with van der Waals surface area (Å²) in [5.74, 6) is 0.199. The van der Waals surface area contributed by atoms with Crippen LogP contribution in [0.15, 0.2) is 23.6 Å². The molecule has 1 aliphatic heterocycles. The summed E-state index contributed by atoms with van der Waals surface area (Å²) >= 11 is 0. The molecule has 0 bridgehead atoms. The van der Waals surface area contributed by atoms with E-state index in [0.717, 1.165) is 23.3 Å². The fourth-order valence-electron chi connectivity index (χ4n) is 3.30. The molecule has 3 heterocycles. The molecule has 140 valence electrons. The number of carbonyl (C=O) groups excluding carboxylic acids is 2. The van der Waals surface area contributed by atoms with Crippen LogP contribution in [0.2, 0.25) is 0 Å². The number of carbonyl (C=O) groups is 2. The summed E-state index contributed by atoms with van der Waals surface area (Å²) in [5.41, 5.74) is 11.6. The molecule has 0 radical (unpaired) electrons. The van der Waals surface area contributed by atoms with E-state index < -0.39 is 6.04 Å². The van der Waals surface area contributed by atoms with E-state index in [1.165, 1.54) is 19.1 Å². The Balaban J connectivity index is 1.85. The van der Waals surface area contributed by atoms with Crippen LogP contribution in [-0.2, 0) is 9.53 Å². The van der Waals surface area contributed by atoms with Gasteiger partial charge in [-0.2, -0.15) is 0 Å². The van der Waals surface area contributed by atoms with Crippen LogP contribution < -0.4 is 4.90 Å². The van der Waals surface area contributed by atoms with Crippen LogP contribution >= 0.6 is 0 Å². The number of urea groups is 1. The van der Waals surface area contributed by atoms with E-state index in [1.54, 1.807) is 6.20 Å². The van der Waals surface area contributed by atoms with Crippen molar-refractivity contribution in [2.24, 2.45) is 5.11 Å². The standard InChI is InChI=1S/C17H19N7O3/c1-22-15(25)8-24(17(22)26)14-5-11(10-3-4-10)6-23-7-12(19-16(14)23)13(9-27-2)20-21-18/h5-7,10,13H,3-4,8-9H2,1-2H3. The summed E-state index contributed by atoms with van der Waals surface area (Å²) in [6.45, 7) is 0.182. The lowest BCUT2D eigenvalue weighted by atomic mass is 10.1. The van der Waals surface area contributed by atoms with E-state index in [1.807, 2.05) is 16.7 Å². The maximum atomic E-state index is 12.5. The number of pyridine rings is 1. The second kappa shape index (κ2) is 6.57. The number of fused-ring (bicyclic) bond motifs is 1. The van der Waals surface area contributed by atoms with Crippen LogP contribution in [0, 0.1) is 0 Å². The van der Waals surface area contributed by atoms with Crippen molar-refractivity contribution in [1.29, 1.82) is 0 Å². The number of hydrogen-bond acceptors (Lipinski definition) is 5. The van der Waals surface area contributed by atoms with Crippen molar-refractivity contribution in [2.45, 2.75) is 24.8 Å². The van der Waals surface area contributed by atoms with Gasteiger partial charge in [0.05, 0.1) is 18.0 Å². The van der Waals surface area contributed by atoms with Crippen molar-refractivity contribution in [3.8, 4) is 0 Å². The molecular formula is C17H19N7O3. The van der Waals surface area contributed by atoms with Crippen molar-refractivity contribution in [1.82, 2.24) is 14.3 Å². The molecule has 1 unspecified atom stereocenters. The molecule has 10 heteroatoms. The topological polar surface area (TPSA) is 116 Å². The second-order valence-corrected chi connectivity index (χ2v) is 6.83. The van der Waals surface area contributed by atoms with Crippen LogP contribution in [0.1, 0.15) is 36.1 Å². The van der Waals surface area contributed by atoms with Crippen LogP contribution in [0.5, 0.6) is 0 Å². The molecule has 0 N–H and O–H groups in total. The molecule has 3 amide bonds. The summed E-state index contributed by atoms with van der Waals surface area (Å²) in [7, 11) is 3.00. The highest BCUT2D eigenvalue weighted by Gasteiger charge is 2.36. The third-order valence-electron chi connectivity index (χ3n) is 4.95. The SMILES string of the molecule is COCC(N=[N+]=[N-])c1cn2cc(C3CC3)cc(N3CC(=O)N(C)C3=O)c2n1. The Kier molecular flexibility index (Phi) is 4.21. The van der Waals surface area contributed by atoms with Gasteiger partial charge in [-0.05, 0) is 35.9 Å². The Morgan fingerprint density at radius 3 is 2.78 bits per heavy atom. The first kappa shape index (κ1) is 17.3. The Morgan fingerprint density at radius 2 is 2.19 bits per heavy atom. The highest BCUT2D eigenvalue weighted by atomic mass is 16.5. The Morgan fingerprint density at radius 1 is 1.41 bits per heavy atom. The van der Waals surface area contributed by atoms with Gasteiger partial charge in [0.25, 0.3) is 0 Å². The Bertz CT molecular complexity index is 974. The number of azide groups is 1. The molecule has 10 nitrogen and oxygen atoms in total. The second-order valence-electron chi connectivity index (χ2n) is 6.83. The van der Waals surface area contributed by atoms with Gasteiger partial charge in [-0.15, -0.1) is 0 Å². The zero-order chi connectivity index (χ0) is 19.1. The third kappa shape index (κ3) is 2.98. The molecule has 1 saturated heterocycles. The number of ether oxygens (including phenoxy) is 1. The number of rotatable bonds is 6. The molecule has 2 fully saturated rings. The van der Waals surface area contributed by atoms with Gasteiger partial charge in [0.1, 0.15) is 12.6 Å². The number of nitrogens with zero attached hydrogens (tertiary/aromatic N) is 7. The maximum absolute atomic E-state index is 12.5. The number of likely N-dealkylation sites (N-methyl/N-ethyl adjacent to an activating group) is 1. The van der Waals surface area contributed by atoms with Crippen molar-refractivity contribution in [3.63, 3.8) is 0 Å². The fraction of sp³-hybridized carbons (Fsp3) is 0.471. The summed E-state index contributed by atoms with van der Waals surface area (Å²) in [4.78, 5) is 34.5. The van der Waals surface area contributed by atoms with Gasteiger partial charge in [0.15, 0.2) is 5.65 Å². The molecule has 0 aromatic carbocycles. The summed E-state index contributed by atoms with van der Waals surface area (Å²) in [5, 5.41) is 3.75. The predicted octanol–water partition coefficient (Wildman–Crippen LogP) is 2.61. The Hall–Kier alpha value is -3.10. The highest BCUT2D eigenvalue weighted by molar-refractivity contribution is 6.13. The van der Waals surface area contributed by atoms with Crippen molar-refractivity contribution < 1.29 is 14.3 Å². The molecule has 1 atom stereocenters. The quantitative estimate of drug-likeness (QED) is 0.337.